The molecule has 2 aromatic heterocycles. The minimum absolute atomic E-state index is 0.174. The predicted octanol–water partition coefficient (Wildman–Crippen LogP) is 3.52. The largest absolute Gasteiger partial charge is 0.431 e. The van der Waals surface area contributed by atoms with Crippen molar-refractivity contribution >= 4 is 22.5 Å². The fourth-order valence-corrected chi connectivity index (χ4v) is 2.45. The van der Waals surface area contributed by atoms with E-state index in [2.05, 4.69) is 4.98 Å². The number of nitrogens with two attached hydrogens (primary N) is 1. The summed E-state index contributed by atoms with van der Waals surface area (Å²) in [7, 11) is 0. The van der Waals surface area contributed by atoms with Crippen molar-refractivity contribution < 1.29 is 18.0 Å². The highest BCUT2D eigenvalue weighted by atomic mass is 19.4. The molecule has 0 spiro atoms. The van der Waals surface area contributed by atoms with Crippen LogP contribution in [0.4, 0.5) is 18.9 Å². The number of benzene rings is 1. The molecule has 2 heterocycles. The SMILES string of the molecule is Nc1ccc2c(c1)cc(C(F)(F)F)n2C(=O)Cc1ccccn1. The van der Waals surface area contributed by atoms with Gasteiger partial charge in [-0.1, -0.05) is 6.07 Å². The van der Waals surface area contributed by atoms with Crippen molar-refractivity contribution in [1.82, 2.24) is 9.55 Å². The number of nitrogen functional groups attached to an aromatic ring is 1. The Morgan fingerprint density at radius 3 is 2.61 bits per heavy atom. The van der Waals surface area contributed by atoms with Gasteiger partial charge in [-0.25, -0.2) is 0 Å². The van der Waals surface area contributed by atoms with E-state index >= 15 is 0 Å². The molecule has 0 fully saturated rings. The zero-order chi connectivity index (χ0) is 16.6. The molecule has 0 bridgehead atoms. The molecule has 0 atom stereocenters. The summed E-state index contributed by atoms with van der Waals surface area (Å²) in [6.45, 7) is 0. The van der Waals surface area contributed by atoms with Crippen molar-refractivity contribution in [2.24, 2.45) is 0 Å². The smallest absolute Gasteiger partial charge is 0.399 e. The summed E-state index contributed by atoms with van der Waals surface area (Å²) >= 11 is 0. The summed E-state index contributed by atoms with van der Waals surface area (Å²) in [6.07, 6.45) is -3.38. The van der Waals surface area contributed by atoms with Gasteiger partial charge in [-0.15, -0.1) is 0 Å². The van der Waals surface area contributed by atoms with Crippen LogP contribution in [0, 0.1) is 0 Å². The van der Waals surface area contributed by atoms with Crippen molar-refractivity contribution in [2.45, 2.75) is 12.6 Å². The van der Waals surface area contributed by atoms with E-state index in [0.717, 1.165) is 6.07 Å². The van der Waals surface area contributed by atoms with Gasteiger partial charge in [0.2, 0.25) is 5.91 Å². The van der Waals surface area contributed by atoms with Crippen LogP contribution in [-0.2, 0) is 12.6 Å². The van der Waals surface area contributed by atoms with Gasteiger partial charge in [-0.3, -0.25) is 14.3 Å². The van der Waals surface area contributed by atoms with E-state index in [1.165, 1.54) is 24.4 Å². The summed E-state index contributed by atoms with van der Waals surface area (Å²) in [6, 6.07) is 10.2. The molecule has 7 heteroatoms. The Labute approximate surface area is 129 Å². The molecule has 0 aliphatic heterocycles. The standard InChI is InChI=1S/C16H12F3N3O/c17-16(18,19)14-8-10-7-11(20)4-5-13(10)22(14)15(23)9-12-3-1-2-6-21-12/h1-8H,9,20H2. The summed E-state index contributed by atoms with van der Waals surface area (Å²) in [5.41, 5.74) is 5.50. The monoisotopic (exact) mass is 319 g/mol. The molecule has 0 unspecified atom stereocenters. The molecule has 0 aliphatic rings. The second kappa shape index (κ2) is 5.42. The van der Waals surface area contributed by atoms with Crippen LogP contribution >= 0.6 is 0 Å². The van der Waals surface area contributed by atoms with Crippen molar-refractivity contribution in [3.8, 4) is 0 Å². The molecule has 1 aromatic carbocycles. The Bertz CT molecular complexity index is 869. The number of halogens is 3. The molecule has 3 rings (SSSR count). The third-order valence-electron chi connectivity index (χ3n) is 3.42. The number of aromatic nitrogens is 2. The lowest BCUT2D eigenvalue weighted by Gasteiger charge is -2.11. The third-order valence-corrected chi connectivity index (χ3v) is 3.42. The first-order chi connectivity index (χ1) is 10.9. The molecule has 3 aromatic rings. The second-order valence-electron chi connectivity index (χ2n) is 5.07. The second-order valence-corrected chi connectivity index (χ2v) is 5.07. The highest BCUT2D eigenvalue weighted by molar-refractivity contribution is 5.95. The maximum Gasteiger partial charge on any atom is 0.431 e. The highest BCUT2D eigenvalue weighted by Gasteiger charge is 2.37. The van der Waals surface area contributed by atoms with E-state index in [4.69, 9.17) is 5.73 Å². The van der Waals surface area contributed by atoms with Crippen molar-refractivity contribution in [3.05, 3.63) is 60.0 Å². The Morgan fingerprint density at radius 1 is 1.17 bits per heavy atom. The van der Waals surface area contributed by atoms with Crippen LogP contribution in [0.15, 0.2) is 48.7 Å². The van der Waals surface area contributed by atoms with Gasteiger partial charge in [0.1, 0.15) is 5.69 Å². The van der Waals surface area contributed by atoms with Crippen LogP contribution in [0.5, 0.6) is 0 Å². The first-order valence-electron chi connectivity index (χ1n) is 6.77. The topological polar surface area (TPSA) is 60.9 Å². The molecule has 2 N–H and O–H groups in total. The Kier molecular flexibility index (Phi) is 3.55. The van der Waals surface area contributed by atoms with Crippen LogP contribution in [0.2, 0.25) is 0 Å². The lowest BCUT2D eigenvalue weighted by molar-refractivity contribution is -0.142. The molecule has 0 saturated carbocycles. The minimum Gasteiger partial charge on any atom is -0.399 e. The van der Waals surface area contributed by atoms with E-state index in [-0.39, 0.29) is 17.3 Å². The van der Waals surface area contributed by atoms with Crippen molar-refractivity contribution in [2.75, 3.05) is 5.73 Å². The molecule has 0 radical (unpaired) electrons. The molecule has 0 amide bonds. The molecule has 0 saturated heterocycles. The van der Waals surface area contributed by atoms with Crippen LogP contribution in [0.25, 0.3) is 10.9 Å². The number of anilines is 1. The van der Waals surface area contributed by atoms with E-state index in [0.29, 0.717) is 15.9 Å². The fraction of sp³-hybridized carbons (Fsp3) is 0.125. The molecule has 4 nitrogen and oxygen atoms in total. The average Bonchev–Trinajstić information content (AvgIpc) is 2.87. The van der Waals surface area contributed by atoms with E-state index in [9.17, 15) is 18.0 Å². The number of carbonyl (C=O) groups excluding carboxylic acids is 1. The van der Waals surface area contributed by atoms with Gasteiger partial charge in [0, 0.05) is 23.0 Å². The van der Waals surface area contributed by atoms with Crippen LogP contribution < -0.4 is 5.73 Å². The number of carbonyl (C=O) groups is 1. The maximum atomic E-state index is 13.3. The Morgan fingerprint density at radius 2 is 1.96 bits per heavy atom. The summed E-state index contributed by atoms with van der Waals surface area (Å²) in [5, 5.41) is 0.270. The predicted molar refractivity (Wildman–Crippen MR) is 79.9 cm³/mol. The summed E-state index contributed by atoms with van der Waals surface area (Å²) < 4.78 is 40.5. The van der Waals surface area contributed by atoms with Crippen LogP contribution in [-0.4, -0.2) is 15.5 Å². The summed E-state index contributed by atoms with van der Waals surface area (Å²) in [5.74, 6) is -0.698. The van der Waals surface area contributed by atoms with Gasteiger partial charge >= 0.3 is 6.18 Å². The fourth-order valence-electron chi connectivity index (χ4n) is 2.45. The molecule has 23 heavy (non-hydrogen) atoms. The van der Waals surface area contributed by atoms with Gasteiger partial charge in [0.25, 0.3) is 0 Å². The average molecular weight is 319 g/mol. The Hall–Kier alpha value is -2.83. The quantitative estimate of drug-likeness (QED) is 0.735. The van der Waals surface area contributed by atoms with Crippen molar-refractivity contribution in [1.29, 1.82) is 0 Å². The van der Waals surface area contributed by atoms with Gasteiger partial charge < -0.3 is 5.73 Å². The van der Waals surface area contributed by atoms with E-state index < -0.39 is 17.8 Å². The first-order valence-corrected chi connectivity index (χ1v) is 6.77. The zero-order valence-corrected chi connectivity index (χ0v) is 11.8. The van der Waals surface area contributed by atoms with Gasteiger partial charge in [-0.2, -0.15) is 13.2 Å². The van der Waals surface area contributed by atoms with Crippen LogP contribution in [0.3, 0.4) is 0 Å². The number of pyridine rings is 1. The highest BCUT2D eigenvalue weighted by Crippen LogP contribution is 2.34. The number of nitrogens with zero attached hydrogens (tertiary/aromatic N) is 2. The number of hydrogen-bond acceptors (Lipinski definition) is 3. The number of hydrogen-bond donors (Lipinski definition) is 1. The van der Waals surface area contributed by atoms with Gasteiger partial charge in [0.15, 0.2) is 0 Å². The first kappa shape index (κ1) is 15.1. The Balaban J connectivity index is 2.12. The number of rotatable bonds is 2. The molecule has 118 valence electrons. The zero-order valence-electron chi connectivity index (χ0n) is 11.8. The normalized spacial score (nSPS) is 11.8. The van der Waals surface area contributed by atoms with Gasteiger partial charge in [0.05, 0.1) is 11.9 Å². The number of fused-ring (bicyclic) bond motifs is 1. The molecular weight excluding hydrogens is 307 g/mol. The van der Waals surface area contributed by atoms with Crippen molar-refractivity contribution in [3.63, 3.8) is 0 Å². The summed E-state index contributed by atoms with van der Waals surface area (Å²) in [4.78, 5) is 16.4. The maximum absolute atomic E-state index is 13.3. The van der Waals surface area contributed by atoms with Gasteiger partial charge in [-0.05, 0) is 36.4 Å². The minimum atomic E-state index is -4.65. The lowest BCUT2D eigenvalue weighted by atomic mass is 10.2. The van der Waals surface area contributed by atoms with E-state index in [1.807, 2.05) is 0 Å². The molecule has 0 aliphatic carbocycles. The molecular formula is C16H12F3N3O. The lowest BCUT2D eigenvalue weighted by Crippen LogP contribution is -2.21. The number of alkyl halides is 3. The van der Waals surface area contributed by atoms with E-state index in [1.54, 1.807) is 18.2 Å². The third kappa shape index (κ3) is 2.90. The van der Waals surface area contributed by atoms with Crippen LogP contribution in [0.1, 0.15) is 16.2 Å².